The Hall–Kier alpha value is -1.35. The first-order valence-corrected chi connectivity index (χ1v) is 6.81. The fourth-order valence-electron chi connectivity index (χ4n) is 2.83. The molecule has 3 atom stereocenters. The lowest BCUT2D eigenvalue weighted by atomic mass is 9.87. The molecular weight excluding hydrogens is 226 g/mol. The number of carbonyl (C=O) groups is 1. The molecule has 0 radical (unpaired) electrons. The zero-order chi connectivity index (χ0) is 12.4. The molecular formula is C15H19NO2. The molecule has 2 aliphatic rings. The minimum absolute atomic E-state index is 0.0342. The van der Waals surface area contributed by atoms with Crippen LogP contribution in [0.4, 0.5) is 0 Å². The Kier molecular flexibility index (Phi) is 3.33. The van der Waals surface area contributed by atoms with E-state index in [0.29, 0.717) is 12.2 Å². The third-order valence-electron chi connectivity index (χ3n) is 3.99. The van der Waals surface area contributed by atoms with Crippen LogP contribution in [0.25, 0.3) is 0 Å². The summed E-state index contributed by atoms with van der Waals surface area (Å²) in [6.45, 7) is 0.774. The second-order valence-corrected chi connectivity index (χ2v) is 5.30. The third-order valence-corrected chi connectivity index (χ3v) is 3.99. The van der Waals surface area contributed by atoms with E-state index in [2.05, 4.69) is 5.32 Å². The quantitative estimate of drug-likeness (QED) is 0.827. The summed E-state index contributed by atoms with van der Waals surface area (Å²) in [5.74, 6) is 0.761. The van der Waals surface area contributed by atoms with Crippen LogP contribution in [0, 0.1) is 5.92 Å². The molecule has 1 aliphatic carbocycles. The number of hydrogen-bond donors (Lipinski definition) is 1. The molecule has 3 nitrogen and oxygen atoms in total. The molecule has 18 heavy (non-hydrogen) atoms. The normalized spacial score (nSPS) is 29.4. The number of benzene rings is 1. The molecule has 0 aromatic heterocycles. The van der Waals surface area contributed by atoms with Gasteiger partial charge in [-0.1, -0.05) is 18.2 Å². The summed E-state index contributed by atoms with van der Waals surface area (Å²) < 4.78 is 5.52. The van der Waals surface area contributed by atoms with E-state index in [1.807, 2.05) is 30.3 Å². The van der Waals surface area contributed by atoms with Crippen molar-refractivity contribution in [3.63, 3.8) is 0 Å². The standard InChI is InChI=1S/C15H19NO2/c17-15(12-4-2-1-3-5-12)16-9-8-11-6-7-13-14(10-11)18-13/h1-5,11,13-14H,6-10H2,(H,16,17)/t11-,13-,14-/m1/s1. The van der Waals surface area contributed by atoms with E-state index in [1.165, 1.54) is 19.3 Å². The maximum absolute atomic E-state index is 11.8. The Morgan fingerprint density at radius 3 is 2.83 bits per heavy atom. The predicted molar refractivity (Wildman–Crippen MR) is 69.4 cm³/mol. The number of nitrogens with one attached hydrogen (secondary N) is 1. The molecule has 1 aliphatic heterocycles. The van der Waals surface area contributed by atoms with E-state index >= 15 is 0 Å². The fourth-order valence-corrected chi connectivity index (χ4v) is 2.83. The third kappa shape index (κ3) is 2.72. The van der Waals surface area contributed by atoms with E-state index in [0.717, 1.165) is 24.4 Å². The topological polar surface area (TPSA) is 41.6 Å². The molecule has 0 spiro atoms. The molecule has 2 fully saturated rings. The first-order valence-electron chi connectivity index (χ1n) is 6.81. The smallest absolute Gasteiger partial charge is 0.251 e. The first-order chi connectivity index (χ1) is 8.83. The van der Waals surface area contributed by atoms with Gasteiger partial charge in [-0.05, 0) is 43.7 Å². The van der Waals surface area contributed by atoms with Crippen LogP contribution >= 0.6 is 0 Å². The average Bonchev–Trinajstić information content (AvgIpc) is 3.18. The predicted octanol–water partition coefficient (Wildman–Crippen LogP) is 2.37. The lowest BCUT2D eigenvalue weighted by Gasteiger charge is -2.18. The van der Waals surface area contributed by atoms with Gasteiger partial charge in [0.15, 0.2) is 0 Å². The number of amides is 1. The van der Waals surface area contributed by atoms with Crippen molar-refractivity contribution in [3.8, 4) is 0 Å². The summed E-state index contributed by atoms with van der Waals surface area (Å²) >= 11 is 0. The fraction of sp³-hybridized carbons (Fsp3) is 0.533. The first kappa shape index (κ1) is 11.7. The maximum Gasteiger partial charge on any atom is 0.251 e. The number of epoxide rings is 1. The number of rotatable bonds is 4. The molecule has 1 saturated carbocycles. The van der Waals surface area contributed by atoms with Crippen LogP contribution in [-0.4, -0.2) is 24.7 Å². The number of fused-ring (bicyclic) bond motifs is 1. The van der Waals surface area contributed by atoms with Crippen LogP contribution in [0.3, 0.4) is 0 Å². The van der Waals surface area contributed by atoms with Crippen LogP contribution < -0.4 is 5.32 Å². The van der Waals surface area contributed by atoms with Crippen molar-refractivity contribution in [2.75, 3.05) is 6.54 Å². The van der Waals surface area contributed by atoms with Crippen molar-refractivity contribution in [1.82, 2.24) is 5.32 Å². The Morgan fingerprint density at radius 1 is 1.22 bits per heavy atom. The van der Waals surface area contributed by atoms with Gasteiger partial charge in [-0.25, -0.2) is 0 Å². The summed E-state index contributed by atoms with van der Waals surface area (Å²) in [7, 11) is 0. The molecule has 1 heterocycles. The molecule has 1 saturated heterocycles. The van der Waals surface area contributed by atoms with Gasteiger partial charge < -0.3 is 10.1 Å². The van der Waals surface area contributed by atoms with E-state index in [9.17, 15) is 4.79 Å². The minimum Gasteiger partial charge on any atom is -0.370 e. The molecule has 96 valence electrons. The lowest BCUT2D eigenvalue weighted by molar-refractivity contribution is 0.0950. The second-order valence-electron chi connectivity index (χ2n) is 5.30. The Bertz CT molecular complexity index is 418. The SMILES string of the molecule is O=C(NCC[C@H]1CC[C@H]2O[C@@H]2C1)c1ccccc1. The van der Waals surface area contributed by atoms with Crippen LogP contribution in [0.2, 0.25) is 0 Å². The zero-order valence-corrected chi connectivity index (χ0v) is 10.5. The monoisotopic (exact) mass is 245 g/mol. The van der Waals surface area contributed by atoms with Crippen molar-refractivity contribution in [2.24, 2.45) is 5.92 Å². The molecule has 0 unspecified atom stereocenters. The number of hydrogen-bond acceptors (Lipinski definition) is 2. The largest absolute Gasteiger partial charge is 0.370 e. The molecule has 0 bridgehead atoms. The van der Waals surface area contributed by atoms with Gasteiger partial charge in [0.25, 0.3) is 5.91 Å². The Labute approximate surface area is 108 Å². The van der Waals surface area contributed by atoms with Gasteiger partial charge in [-0.3, -0.25) is 4.79 Å². The van der Waals surface area contributed by atoms with E-state index in [4.69, 9.17) is 4.74 Å². The van der Waals surface area contributed by atoms with Crippen molar-refractivity contribution >= 4 is 5.91 Å². The molecule has 1 N–H and O–H groups in total. The van der Waals surface area contributed by atoms with Crippen molar-refractivity contribution < 1.29 is 9.53 Å². The summed E-state index contributed by atoms with van der Waals surface area (Å²) in [5, 5.41) is 2.99. The lowest BCUT2D eigenvalue weighted by Crippen LogP contribution is -2.27. The van der Waals surface area contributed by atoms with E-state index < -0.39 is 0 Å². The van der Waals surface area contributed by atoms with E-state index in [-0.39, 0.29) is 5.91 Å². The Balaban J connectivity index is 1.40. The molecule has 1 aromatic carbocycles. The van der Waals surface area contributed by atoms with Crippen molar-refractivity contribution in [1.29, 1.82) is 0 Å². The molecule has 1 amide bonds. The summed E-state index contributed by atoms with van der Waals surface area (Å²) in [6, 6.07) is 9.39. The second kappa shape index (κ2) is 5.11. The zero-order valence-electron chi connectivity index (χ0n) is 10.5. The highest BCUT2D eigenvalue weighted by Crippen LogP contribution is 2.40. The van der Waals surface area contributed by atoms with Crippen LogP contribution in [0.5, 0.6) is 0 Å². The summed E-state index contributed by atoms with van der Waals surface area (Å²) in [5.41, 5.74) is 0.742. The number of ether oxygens (including phenoxy) is 1. The summed E-state index contributed by atoms with van der Waals surface area (Å²) in [6.07, 6.45) is 5.83. The van der Waals surface area contributed by atoms with Gasteiger partial charge in [0, 0.05) is 12.1 Å². The van der Waals surface area contributed by atoms with Gasteiger partial charge in [0.1, 0.15) is 0 Å². The van der Waals surface area contributed by atoms with Crippen molar-refractivity contribution in [3.05, 3.63) is 35.9 Å². The number of carbonyl (C=O) groups excluding carboxylic acids is 1. The van der Waals surface area contributed by atoms with Gasteiger partial charge in [-0.2, -0.15) is 0 Å². The van der Waals surface area contributed by atoms with Crippen LogP contribution in [0.15, 0.2) is 30.3 Å². The highest BCUT2D eigenvalue weighted by molar-refractivity contribution is 5.94. The van der Waals surface area contributed by atoms with Crippen LogP contribution in [-0.2, 0) is 4.74 Å². The maximum atomic E-state index is 11.8. The van der Waals surface area contributed by atoms with Gasteiger partial charge in [0.05, 0.1) is 12.2 Å². The highest BCUT2D eigenvalue weighted by Gasteiger charge is 2.43. The van der Waals surface area contributed by atoms with Gasteiger partial charge in [-0.15, -0.1) is 0 Å². The van der Waals surface area contributed by atoms with Crippen LogP contribution in [0.1, 0.15) is 36.0 Å². The van der Waals surface area contributed by atoms with Gasteiger partial charge >= 0.3 is 0 Å². The average molecular weight is 245 g/mol. The molecule has 3 heteroatoms. The van der Waals surface area contributed by atoms with Gasteiger partial charge in [0.2, 0.25) is 0 Å². The van der Waals surface area contributed by atoms with Crippen molar-refractivity contribution in [2.45, 2.75) is 37.9 Å². The highest BCUT2D eigenvalue weighted by atomic mass is 16.6. The minimum atomic E-state index is 0.0342. The van der Waals surface area contributed by atoms with E-state index in [1.54, 1.807) is 0 Å². The molecule has 3 rings (SSSR count). The summed E-state index contributed by atoms with van der Waals surface area (Å²) in [4.78, 5) is 11.8. The Morgan fingerprint density at radius 2 is 2.06 bits per heavy atom. The molecule has 1 aromatic rings.